The molecule has 3 N–H and O–H groups in total. The van der Waals surface area contributed by atoms with Crippen LogP contribution in [-0.4, -0.2) is 38.7 Å². The monoisotopic (exact) mass is 370 g/mol. The highest BCUT2D eigenvalue weighted by atomic mass is 19.1. The molecule has 0 aromatic heterocycles. The van der Waals surface area contributed by atoms with E-state index in [4.69, 9.17) is 4.74 Å². The minimum Gasteiger partial charge on any atom is -0.497 e. The van der Waals surface area contributed by atoms with E-state index in [1.807, 2.05) is 30.3 Å². The lowest BCUT2D eigenvalue weighted by Gasteiger charge is -2.20. The van der Waals surface area contributed by atoms with Gasteiger partial charge in [0.15, 0.2) is 0 Å². The highest BCUT2D eigenvalue weighted by Gasteiger charge is 2.34. The van der Waals surface area contributed by atoms with Crippen LogP contribution in [0.2, 0.25) is 0 Å². The van der Waals surface area contributed by atoms with Crippen LogP contribution in [0.25, 0.3) is 0 Å². The first-order valence-corrected chi connectivity index (χ1v) is 9.13. The Morgan fingerprint density at radius 1 is 1.19 bits per heavy atom. The Hall–Kier alpha value is -2.64. The summed E-state index contributed by atoms with van der Waals surface area (Å²) in [6.07, 6.45) is 0.619. The van der Waals surface area contributed by atoms with Crippen molar-refractivity contribution in [2.24, 2.45) is 0 Å². The van der Waals surface area contributed by atoms with Crippen molar-refractivity contribution in [3.05, 3.63) is 53.8 Å². The van der Waals surface area contributed by atoms with Crippen LogP contribution in [0.3, 0.4) is 0 Å². The van der Waals surface area contributed by atoms with Crippen molar-refractivity contribution in [1.82, 2.24) is 10.9 Å². The number of nitrogens with one attached hydrogen (secondary N) is 3. The number of amides is 1. The number of anilines is 2. The van der Waals surface area contributed by atoms with Crippen molar-refractivity contribution >= 4 is 17.3 Å². The molecule has 6 nitrogen and oxygen atoms in total. The first kappa shape index (κ1) is 17.8. The van der Waals surface area contributed by atoms with E-state index < -0.39 is 0 Å². The Balaban J connectivity index is 1.48. The van der Waals surface area contributed by atoms with E-state index in [1.165, 1.54) is 4.90 Å². The van der Waals surface area contributed by atoms with Crippen LogP contribution in [-0.2, 0) is 4.79 Å². The van der Waals surface area contributed by atoms with Gasteiger partial charge in [0.25, 0.3) is 0 Å². The molecule has 0 aliphatic carbocycles. The molecule has 1 unspecified atom stereocenters. The second kappa shape index (κ2) is 7.54. The second-order valence-corrected chi connectivity index (χ2v) is 6.88. The van der Waals surface area contributed by atoms with Gasteiger partial charge in [-0.1, -0.05) is 12.1 Å². The predicted octanol–water partition coefficient (Wildman–Crippen LogP) is 2.24. The highest BCUT2D eigenvalue weighted by molar-refractivity contribution is 6.01. The topological polar surface area (TPSA) is 65.6 Å². The van der Waals surface area contributed by atoms with Gasteiger partial charge in [0.2, 0.25) is 5.91 Å². The summed E-state index contributed by atoms with van der Waals surface area (Å²) >= 11 is 0. The molecule has 1 amide bonds. The van der Waals surface area contributed by atoms with Gasteiger partial charge >= 0.3 is 0 Å². The molecule has 2 aromatic carbocycles. The Morgan fingerprint density at radius 2 is 2.00 bits per heavy atom. The van der Waals surface area contributed by atoms with Gasteiger partial charge in [0.1, 0.15) is 17.6 Å². The molecule has 4 rings (SSSR count). The van der Waals surface area contributed by atoms with E-state index in [2.05, 4.69) is 16.2 Å². The first-order valence-electron chi connectivity index (χ1n) is 9.13. The predicted molar refractivity (Wildman–Crippen MR) is 103 cm³/mol. The van der Waals surface area contributed by atoms with Crippen molar-refractivity contribution in [2.45, 2.75) is 18.4 Å². The van der Waals surface area contributed by atoms with Crippen LogP contribution in [0, 0.1) is 5.82 Å². The van der Waals surface area contributed by atoms with Crippen LogP contribution in [0.15, 0.2) is 42.5 Å². The smallest absolute Gasteiger partial charge is 0.249 e. The summed E-state index contributed by atoms with van der Waals surface area (Å²) in [4.78, 5) is 14.3. The zero-order chi connectivity index (χ0) is 18.8. The lowest BCUT2D eigenvalue weighted by Crippen LogP contribution is -2.34. The largest absolute Gasteiger partial charge is 0.497 e. The SMILES string of the molecule is COc1cccc(NC2CCN(c3ccc(C4CNNC4)cc3F)C2=O)c1. The minimum atomic E-state index is -0.376. The van der Waals surface area contributed by atoms with E-state index in [1.54, 1.807) is 19.2 Å². The number of benzene rings is 2. The molecule has 0 spiro atoms. The van der Waals surface area contributed by atoms with Crippen LogP contribution < -0.4 is 25.8 Å². The molecule has 2 aromatic rings. The van der Waals surface area contributed by atoms with E-state index >= 15 is 0 Å². The molecule has 2 aliphatic rings. The van der Waals surface area contributed by atoms with Gasteiger partial charge in [-0.3, -0.25) is 15.6 Å². The Labute approximate surface area is 157 Å². The van der Waals surface area contributed by atoms with E-state index in [0.29, 0.717) is 18.7 Å². The number of hydrazine groups is 1. The molecule has 1 atom stereocenters. The number of hydrogen-bond donors (Lipinski definition) is 3. The average molecular weight is 370 g/mol. The van der Waals surface area contributed by atoms with Crippen molar-refractivity contribution in [3.63, 3.8) is 0 Å². The maximum absolute atomic E-state index is 14.7. The summed E-state index contributed by atoms with van der Waals surface area (Å²) in [6, 6.07) is 12.2. The lowest BCUT2D eigenvalue weighted by atomic mass is 10.00. The van der Waals surface area contributed by atoms with Crippen molar-refractivity contribution < 1.29 is 13.9 Å². The first-order chi connectivity index (χ1) is 13.2. The van der Waals surface area contributed by atoms with Crippen molar-refractivity contribution in [1.29, 1.82) is 0 Å². The lowest BCUT2D eigenvalue weighted by molar-refractivity contribution is -0.117. The summed E-state index contributed by atoms with van der Waals surface area (Å²) in [5.41, 5.74) is 8.19. The normalized spacial score (nSPS) is 20.3. The van der Waals surface area contributed by atoms with Gasteiger partial charge in [-0.05, 0) is 36.2 Å². The van der Waals surface area contributed by atoms with Crippen molar-refractivity contribution in [2.75, 3.05) is 37.0 Å². The average Bonchev–Trinajstić information content (AvgIpc) is 3.33. The number of halogens is 1. The highest BCUT2D eigenvalue weighted by Crippen LogP contribution is 2.29. The summed E-state index contributed by atoms with van der Waals surface area (Å²) in [5, 5.41) is 3.23. The van der Waals surface area contributed by atoms with E-state index in [-0.39, 0.29) is 23.7 Å². The number of nitrogens with zero attached hydrogens (tertiary/aromatic N) is 1. The molecule has 2 aliphatic heterocycles. The van der Waals surface area contributed by atoms with Crippen LogP contribution >= 0.6 is 0 Å². The fourth-order valence-electron chi connectivity index (χ4n) is 3.66. The van der Waals surface area contributed by atoms with Crippen LogP contribution in [0.1, 0.15) is 17.9 Å². The Bertz CT molecular complexity index is 838. The zero-order valence-corrected chi connectivity index (χ0v) is 15.2. The third kappa shape index (κ3) is 3.61. The standard InChI is InChI=1S/C20H23FN4O2/c1-27-16-4-2-3-15(10-16)24-18-7-8-25(20(18)26)19-6-5-13(9-17(19)21)14-11-22-23-12-14/h2-6,9-10,14,18,22-24H,7-8,11-12H2,1H3. The molecular weight excluding hydrogens is 347 g/mol. The number of methoxy groups -OCH3 is 1. The third-order valence-electron chi connectivity index (χ3n) is 5.17. The van der Waals surface area contributed by atoms with E-state index in [9.17, 15) is 9.18 Å². The Morgan fingerprint density at radius 3 is 2.74 bits per heavy atom. The van der Waals surface area contributed by atoms with E-state index in [0.717, 1.165) is 30.1 Å². The summed E-state index contributed by atoms with van der Waals surface area (Å²) in [7, 11) is 1.60. The fourth-order valence-corrected chi connectivity index (χ4v) is 3.66. The van der Waals surface area contributed by atoms with Gasteiger partial charge in [0, 0.05) is 37.3 Å². The summed E-state index contributed by atoms with van der Waals surface area (Å²) in [6.45, 7) is 2.03. The molecule has 2 heterocycles. The molecular formula is C20H23FN4O2. The second-order valence-electron chi connectivity index (χ2n) is 6.88. The minimum absolute atomic E-state index is 0.117. The molecule has 27 heavy (non-hydrogen) atoms. The van der Waals surface area contributed by atoms with Gasteiger partial charge in [-0.25, -0.2) is 4.39 Å². The van der Waals surface area contributed by atoms with Gasteiger partial charge in [-0.2, -0.15) is 0 Å². The molecule has 2 saturated heterocycles. The summed E-state index contributed by atoms with van der Waals surface area (Å²) < 4.78 is 19.9. The third-order valence-corrected chi connectivity index (χ3v) is 5.17. The maximum atomic E-state index is 14.7. The molecule has 7 heteroatoms. The molecule has 0 saturated carbocycles. The zero-order valence-electron chi connectivity index (χ0n) is 15.2. The van der Waals surface area contributed by atoms with Crippen LogP contribution in [0.4, 0.5) is 15.8 Å². The van der Waals surface area contributed by atoms with Crippen molar-refractivity contribution in [3.8, 4) is 5.75 Å². The fraction of sp³-hybridized carbons (Fsp3) is 0.350. The van der Waals surface area contributed by atoms with Crippen LogP contribution in [0.5, 0.6) is 5.75 Å². The molecule has 142 valence electrons. The Kier molecular flexibility index (Phi) is 4.96. The molecule has 0 radical (unpaired) electrons. The number of carbonyl (C=O) groups is 1. The number of rotatable bonds is 5. The molecule has 2 fully saturated rings. The number of carbonyl (C=O) groups excluding carboxylic acids is 1. The van der Waals surface area contributed by atoms with Gasteiger partial charge in [0.05, 0.1) is 12.8 Å². The maximum Gasteiger partial charge on any atom is 0.249 e. The quantitative estimate of drug-likeness (QED) is 0.753. The molecule has 0 bridgehead atoms. The number of ether oxygens (including phenoxy) is 1. The van der Waals surface area contributed by atoms with Gasteiger partial charge in [-0.15, -0.1) is 0 Å². The number of hydrogen-bond acceptors (Lipinski definition) is 5. The van der Waals surface area contributed by atoms with Gasteiger partial charge < -0.3 is 15.0 Å². The summed E-state index contributed by atoms with van der Waals surface area (Å²) in [5.74, 6) is 0.494.